The van der Waals surface area contributed by atoms with E-state index in [1.165, 1.54) is 76.3 Å². The smallest absolute Gasteiger partial charge is 0.170 e. The van der Waals surface area contributed by atoms with Gasteiger partial charge in [0, 0.05) is 29.9 Å². The number of hydrogen-bond acceptors (Lipinski definition) is 5. The summed E-state index contributed by atoms with van der Waals surface area (Å²) < 4.78 is 0. The second kappa shape index (κ2) is 44.3. The Hall–Kier alpha value is -4.77. The zero-order valence-corrected chi connectivity index (χ0v) is 42.2. The number of ketones is 5. The summed E-state index contributed by atoms with van der Waals surface area (Å²) in [5.41, 5.74) is 7.44. The fourth-order valence-corrected chi connectivity index (χ4v) is 5.02. The molecule has 4 rings (SSSR count). The van der Waals surface area contributed by atoms with Crippen LogP contribution in [0.5, 0.6) is 0 Å². The lowest BCUT2D eigenvalue weighted by atomic mass is 9.91. The first kappa shape index (κ1) is 63.9. The van der Waals surface area contributed by atoms with Crippen LogP contribution in [0.4, 0.5) is 0 Å². The highest BCUT2D eigenvalue weighted by molar-refractivity contribution is 6.00. The normalized spacial score (nSPS) is 9.61. The standard InChI is InChI=1S/C17H18O.C9H10O.C9H18O.C7H8.C6H14.C4H8O.C3H6O.C2H6/c1-12-6-4-8-15(10-12)14(3)17(18)16-9-5-7-13(2)11-16;1-7-4-3-5-9(6-7)8(2)10;1-3-4-5-6-7-8-9(2)10;1-7-5-3-2-4-6-7;1-3-5-6-4-2;1-3-4(2)5;1-3(2)4;1-2/h4-11,14H,1-3H3;3-6H,1-2H3;3-8H2,1-2H3;2-6H,1H3;3-6H2,1-2H3;3H2,1-2H3;1-2H3;1-2H3. The lowest BCUT2D eigenvalue weighted by Gasteiger charge is -2.12. The minimum atomic E-state index is -0.0910. The predicted octanol–water partition coefficient (Wildman–Crippen LogP) is 16.6. The number of carbonyl (C=O) groups is 5. The number of benzene rings is 4. The van der Waals surface area contributed by atoms with Crippen molar-refractivity contribution in [2.45, 2.75) is 187 Å². The molecule has 346 valence electrons. The average Bonchev–Trinajstić information content (AvgIpc) is 3.24. The molecule has 0 aromatic heterocycles. The first-order valence-corrected chi connectivity index (χ1v) is 23.1. The maximum absolute atomic E-state index is 12.4. The Bertz CT molecular complexity index is 1710. The van der Waals surface area contributed by atoms with Gasteiger partial charge in [-0.2, -0.15) is 0 Å². The topological polar surface area (TPSA) is 85.3 Å². The van der Waals surface area contributed by atoms with Gasteiger partial charge in [0.05, 0.1) is 0 Å². The monoisotopic (exact) mass is 853 g/mol. The zero-order valence-electron chi connectivity index (χ0n) is 42.2. The van der Waals surface area contributed by atoms with Crippen molar-refractivity contribution >= 4 is 28.9 Å². The summed E-state index contributed by atoms with van der Waals surface area (Å²) >= 11 is 0. The molecule has 5 nitrogen and oxygen atoms in total. The van der Waals surface area contributed by atoms with E-state index in [0.717, 1.165) is 40.7 Å². The Morgan fingerprint density at radius 2 is 0.823 bits per heavy atom. The maximum atomic E-state index is 12.4. The van der Waals surface area contributed by atoms with Crippen LogP contribution < -0.4 is 0 Å². The predicted molar refractivity (Wildman–Crippen MR) is 270 cm³/mol. The average molecular weight is 853 g/mol. The largest absolute Gasteiger partial charge is 0.300 e. The molecule has 0 amide bonds. The molecule has 0 radical (unpaired) electrons. The van der Waals surface area contributed by atoms with E-state index in [9.17, 15) is 24.0 Å². The molecule has 5 heteroatoms. The van der Waals surface area contributed by atoms with E-state index in [2.05, 4.69) is 45.9 Å². The third-order valence-electron chi connectivity index (χ3n) is 8.69. The van der Waals surface area contributed by atoms with Crippen LogP contribution in [0.3, 0.4) is 0 Å². The molecule has 0 aliphatic rings. The van der Waals surface area contributed by atoms with Crippen molar-refractivity contribution in [3.05, 3.63) is 142 Å². The van der Waals surface area contributed by atoms with E-state index in [1.807, 2.05) is 133 Å². The van der Waals surface area contributed by atoms with Crippen molar-refractivity contribution in [1.82, 2.24) is 0 Å². The molecule has 4 aromatic carbocycles. The Balaban J connectivity index is -0.000000334. The van der Waals surface area contributed by atoms with E-state index in [1.54, 1.807) is 20.8 Å². The number of unbranched alkanes of at least 4 members (excludes halogenated alkanes) is 7. The van der Waals surface area contributed by atoms with Gasteiger partial charge in [0.25, 0.3) is 0 Å². The third kappa shape index (κ3) is 43.3. The SMILES string of the molecule is CC.CC(=O)c1cccc(C)c1.CC(C)=O.CCC(C)=O.CCCCCC.CCCCCCCC(C)=O.Cc1cccc(C(=O)C(C)c2cccc(C)c2)c1.Cc1ccccc1. The fourth-order valence-electron chi connectivity index (χ4n) is 5.02. The number of Topliss-reactive ketones (excluding diaryl/α,β-unsaturated/α-hetero) is 5. The van der Waals surface area contributed by atoms with Gasteiger partial charge in [-0.1, -0.05) is 213 Å². The first-order chi connectivity index (χ1) is 29.4. The second-order valence-corrected chi connectivity index (χ2v) is 15.5. The molecule has 0 N–H and O–H groups in total. The molecule has 0 aliphatic carbocycles. The molecule has 0 aliphatic heterocycles. The van der Waals surface area contributed by atoms with Crippen molar-refractivity contribution in [2.24, 2.45) is 0 Å². The maximum Gasteiger partial charge on any atom is 0.170 e. The third-order valence-corrected chi connectivity index (χ3v) is 8.69. The van der Waals surface area contributed by atoms with Gasteiger partial charge < -0.3 is 14.4 Å². The van der Waals surface area contributed by atoms with Crippen molar-refractivity contribution in [1.29, 1.82) is 0 Å². The Morgan fingerprint density at radius 3 is 1.16 bits per heavy atom. The molecule has 0 spiro atoms. The van der Waals surface area contributed by atoms with E-state index < -0.39 is 0 Å². The Morgan fingerprint density at radius 1 is 0.452 bits per heavy atom. The van der Waals surface area contributed by atoms with Crippen molar-refractivity contribution in [3.8, 4) is 0 Å². The van der Waals surface area contributed by atoms with Crippen molar-refractivity contribution in [3.63, 3.8) is 0 Å². The molecule has 0 saturated heterocycles. The molecule has 0 saturated carbocycles. The fraction of sp³-hybridized carbons (Fsp3) is 0.491. The summed E-state index contributed by atoms with van der Waals surface area (Å²) in [6.07, 6.45) is 13.2. The Labute approximate surface area is 380 Å². The van der Waals surface area contributed by atoms with E-state index in [4.69, 9.17) is 0 Å². The van der Waals surface area contributed by atoms with Crippen molar-refractivity contribution < 1.29 is 24.0 Å². The van der Waals surface area contributed by atoms with Gasteiger partial charge in [-0.15, -0.1) is 0 Å². The van der Waals surface area contributed by atoms with Crippen LogP contribution in [0.1, 0.15) is 208 Å². The number of aryl methyl sites for hydroxylation is 4. The van der Waals surface area contributed by atoms with Crippen LogP contribution in [0.2, 0.25) is 0 Å². The van der Waals surface area contributed by atoms with Gasteiger partial charge in [-0.05, 0) is 86.4 Å². The van der Waals surface area contributed by atoms with Gasteiger partial charge in [-0.25, -0.2) is 0 Å². The highest BCUT2D eigenvalue weighted by atomic mass is 16.1. The van der Waals surface area contributed by atoms with Crippen LogP contribution in [-0.2, 0) is 14.4 Å². The van der Waals surface area contributed by atoms with E-state index in [0.29, 0.717) is 12.2 Å². The molecule has 1 unspecified atom stereocenters. The molecular weight excluding hydrogens is 765 g/mol. The molecule has 0 fully saturated rings. The molecule has 4 aromatic rings. The number of rotatable bonds is 14. The minimum absolute atomic E-state index is 0.0910. The van der Waals surface area contributed by atoms with E-state index >= 15 is 0 Å². The molecule has 0 heterocycles. The van der Waals surface area contributed by atoms with Crippen LogP contribution in [0.15, 0.2) is 103 Å². The number of carbonyl (C=O) groups excluding carboxylic acids is 5. The number of hydrogen-bond donors (Lipinski definition) is 0. The van der Waals surface area contributed by atoms with Gasteiger partial charge in [0.1, 0.15) is 17.3 Å². The Kier molecular flexibility index (Phi) is 45.6. The van der Waals surface area contributed by atoms with Crippen LogP contribution in [0.25, 0.3) is 0 Å². The van der Waals surface area contributed by atoms with Crippen molar-refractivity contribution in [2.75, 3.05) is 0 Å². The summed E-state index contributed by atoms with van der Waals surface area (Å²) in [6, 6.07) is 33.8. The molecular formula is C57H88O5. The molecule has 0 bridgehead atoms. The van der Waals surface area contributed by atoms with E-state index in [-0.39, 0.29) is 29.1 Å². The van der Waals surface area contributed by atoms with Gasteiger partial charge in [0.2, 0.25) is 0 Å². The van der Waals surface area contributed by atoms with Crippen LogP contribution in [0, 0.1) is 27.7 Å². The van der Waals surface area contributed by atoms with Crippen LogP contribution in [-0.4, -0.2) is 28.9 Å². The summed E-state index contributed by atoms with van der Waals surface area (Å²) in [6.45, 7) is 30.5. The summed E-state index contributed by atoms with van der Waals surface area (Å²) in [4.78, 5) is 52.9. The van der Waals surface area contributed by atoms with Crippen LogP contribution >= 0.6 is 0 Å². The molecule has 1 atom stereocenters. The highest BCUT2D eigenvalue weighted by Gasteiger charge is 2.17. The van der Waals surface area contributed by atoms with Gasteiger partial charge in [0.15, 0.2) is 11.6 Å². The highest BCUT2D eigenvalue weighted by Crippen LogP contribution is 2.22. The summed E-state index contributed by atoms with van der Waals surface area (Å²) in [5, 5.41) is 0. The summed E-state index contributed by atoms with van der Waals surface area (Å²) in [7, 11) is 0. The summed E-state index contributed by atoms with van der Waals surface area (Å²) in [5.74, 6) is 0.973. The minimum Gasteiger partial charge on any atom is -0.300 e. The lowest BCUT2D eigenvalue weighted by molar-refractivity contribution is -0.117. The second-order valence-electron chi connectivity index (χ2n) is 15.5. The van der Waals surface area contributed by atoms with Gasteiger partial charge in [-0.3, -0.25) is 9.59 Å². The zero-order chi connectivity index (χ0) is 48.3. The van der Waals surface area contributed by atoms with Gasteiger partial charge >= 0.3 is 0 Å². The quantitative estimate of drug-likeness (QED) is 0.0932. The first-order valence-electron chi connectivity index (χ1n) is 23.1. The lowest BCUT2D eigenvalue weighted by Crippen LogP contribution is -2.09. The molecule has 62 heavy (non-hydrogen) atoms.